The van der Waals surface area contributed by atoms with Crippen LogP contribution in [-0.2, 0) is 10.0 Å². The quantitative estimate of drug-likeness (QED) is 0.572. The molecule has 1 amide bonds. The number of rotatable bonds is 8. The molecule has 0 radical (unpaired) electrons. The lowest BCUT2D eigenvalue weighted by Crippen LogP contribution is -2.28. The number of hydrogen-bond donors (Lipinski definition) is 1. The molecule has 1 N–H and O–H groups in total. The number of sulfonamides is 1. The van der Waals surface area contributed by atoms with Crippen molar-refractivity contribution in [1.82, 2.24) is 9.29 Å². The van der Waals surface area contributed by atoms with Crippen LogP contribution < -0.4 is 5.32 Å². The Kier molecular flexibility index (Phi) is 6.79. The highest BCUT2D eigenvalue weighted by Gasteiger charge is 2.20. The third-order valence-electron chi connectivity index (χ3n) is 4.45. The Bertz CT molecular complexity index is 1060. The van der Waals surface area contributed by atoms with Gasteiger partial charge in [0, 0.05) is 30.1 Å². The highest BCUT2D eigenvalue weighted by Crippen LogP contribution is 2.25. The first-order valence-electron chi connectivity index (χ1n) is 9.30. The fraction of sp³-hybridized carbons (Fsp3) is 0.238. The second-order valence-electron chi connectivity index (χ2n) is 6.56. The van der Waals surface area contributed by atoms with Crippen LogP contribution in [0.2, 0.25) is 0 Å². The number of benzene rings is 2. The summed E-state index contributed by atoms with van der Waals surface area (Å²) in [5, 5.41) is 5.14. The highest BCUT2D eigenvalue weighted by atomic mass is 32.2. The van der Waals surface area contributed by atoms with Crippen LogP contribution in [0.25, 0.3) is 11.3 Å². The van der Waals surface area contributed by atoms with Crippen LogP contribution in [0.5, 0.6) is 0 Å². The molecule has 1 aromatic heterocycles. The Morgan fingerprint density at radius 3 is 2.45 bits per heavy atom. The first-order valence-corrected chi connectivity index (χ1v) is 11.6. The third-order valence-corrected chi connectivity index (χ3v) is 7.07. The number of unbranched alkanes of at least 4 members (excludes halogenated alkanes) is 1. The molecule has 2 aromatic carbocycles. The predicted octanol–water partition coefficient (Wildman–Crippen LogP) is 4.48. The van der Waals surface area contributed by atoms with E-state index in [0.717, 1.165) is 24.1 Å². The average Bonchev–Trinajstić information content (AvgIpc) is 3.21. The fourth-order valence-corrected chi connectivity index (χ4v) is 4.63. The van der Waals surface area contributed by atoms with Crippen molar-refractivity contribution in [3.05, 3.63) is 65.5 Å². The van der Waals surface area contributed by atoms with Crippen molar-refractivity contribution in [1.29, 1.82) is 0 Å². The number of hydrogen-bond acceptors (Lipinski definition) is 5. The zero-order chi connectivity index (χ0) is 20.9. The maximum absolute atomic E-state index is 12.6. The number of carbonyl (C=O) groups is 1. The van der Waals surface area contributed by atoms with E-state index < -0.39 is 10.0 Å². The van der Waals surface area contributed by atoms with Crippen LogP contribution in [0.15, 0.2) is 64.9 Å². The molecule has 0 saturated heterocycles. The Labute approximate surface area is 175 Å². The molecule has 0 aliphatic heterocycles. The van der Waals surface area contributed by atoms with E-state index in [0.29, 0.717) is 17.2 Å². The van der Waals surface area contributed by atoms with Crippen LogP contribution in [0, 0.1) is 0 Å². The van der Waals surface area contributed by atoms with E-state index in [4.69, 9.17) is 0 Å². The number of aromatic nitrogens is 1. The smallest absolute Gasteiger partial charge is 0.257 e. The van der Waals surface area contributed by atoms with Gasteiger partial charge in [-0.15, -0.1) is 11.3 Å². The molecule has 3 aromatic rings. The summed E-state index contributed by atoms with van der Waals surface area (Å²) in [6, 6.07) is 15.7. The van der Waals surface area contributed by atoms with Crippen molar-refractivity contribution in [2.45, 2.75) is 24.7 Å². The van der Waals surface area contributed by atoms with Gasteiger partial charge in [0.2, 0.25) is 10.0 Å². The second-order valence-corrected chi connectivity index (χ2v) is 9.47. The molecule has 0 spiro atoms. The minimum absolute atomic E-state index is 0.174. The van der Waals surface area contributed by atoms with Gasteiger partial charge in [-0.2, -0.15) is 0 Å². The minimum atomic E-state index is -3.55. The third kappa shape index (κ3) is 5.09. The second kappa shape index (κ2) is 9.30. The summed E-state index contributed by atoms with van der Waals surface area (Å²) < 4.78 is 26.5. The summed E-state index contributed by atoms with van der Waals surface area (Å²) in [7, 11) is -1.98. The lowest BCUT2D eigenvalue weighted by atomic mass is 10.2. The van der Waals surface area contributed by atoms with E-state index in [1.54, 1.807) is 7.05 Å². The molecular formula is C21H23N3O3S2. The number of amides is 1. The van der Waals surface area contributed by atoms with E-state index >= 15 is 0 Å². The van der Waals surface area contributed by atoms with Gasteiger partial charge in [-0.3, -0.25) is 10.1 Å². The zero-order valence-electron chi connectivity index (χ0n) is 16.3. The Morgan fingerprint density at radius 2 is 1.79 bits per heavy atom. The maximum atomic E-state index is 12.6. The normalized spacial score (nSPS) is 11.6. The first-order chi connectivity index (χ1) is 13.9. The van der Waals surface area contributed by atoms with Gasteiger partial charge >= 0.3 is 0 Å². The molecule has 0 aliphatic carbocycles. The van der Waals surface area contributed by atoms with Crippen LogP contribution >= 0.6 is 11.3 Å². The van der Waals surface area contributed by atoms with E-state index in [9.17, 15) is 13.2 Å². The summed E-state index contributed by atoms with van der Waals surface area (Å²) >= 11 is 1.34. The number of anilines is 1. The van der Waals surface area contributed by atoms with Gasteiger partial charge in [0.05, 0.1) is 10.6 Å². The molecule has 29 heavy (non-hydrogen) atoms. The van der Waals surface area contributed by atoms with Gasteiger partial charge < -0.3 is 0 Å². The molecular weight excluding hydrogens is 406 g/mol. The van der Waals surface area contributed by atoms with Crippen molar-refractivity contribution >= 4 is 32.4 Å². The van der Waals surface area contributed by atoms with Crippen LogP contribution in [-0.4, -0.2) is 37.2 Å². The molecule has 0 fully saturated rings. The van der Waals surface area contributed by atoms with Crippen LogP contribution in [0.3, 0.4) is 0 Å². The number of thiazole rings is 1. The molecule has 152 valence electrons. The Hall–Kier alpha value is -2.55. The maximum Gasteiger partial charge on any atom is 0.257 e. The van der Waals surface area contributed by atoms with Crippen molar-refractivity contribution in [2.75, 3.05) is 18.9 Å². The largest absolute Gasteiger partial charge is 0.298 e. The number of nitrogens with zero attached hydrogens (tertiary/aromatic N) is 2. The van der Waals surface area contributed by atoms with Gasteiger partial charge in [0.25, 0.3) is 5.91 Å². The first kappa shape index (κ1) is 21.2. The van der Waals surface area contributed by atoms with Crippen molar-refractivity contribution in [3.63, 3.8) is 0 Å². The molecule has 0 aliphatic rings. The van der Waals surface area contributed by atoms with Gasteiger partial charge in [0.15, 0.2) is 5.13 Å². The average molecular weight is 430 g/mol. The summed E-state index contributed by atoms with van der Waals surface area (Å²) in [5.41, 5.74) is 2.14. The van der Waals surface area contributed by atoms with E-state index in [-0.39, 0.29) is 10.8 Å². The Morgan fingerprint density at radius 1 is 1.10 bits per heavy atom. The summed E-state index contributed by atoms with van der Waals surface area (Å²) in [6.45, 7) is 2.48. The van der Waals surface area contributed by atoms with Crippen LogP contribution in [0.4, 0.5) is 5.13 Å². The monoisotopic (exact) mass is 429 g/mol. The summed E-state index contributed by atoms with van der Waals surface area (Å²) in [5.74, 6) is -0.331. The van der Waals surface area contributed by atoms with Crippen molar-refractivity contribution in [3.8, 4) is 11.3 Å². The van der Waals surface area contributed by atoms with Crippen molar-refractivity contribution < 1.29 is 13.2 Å². The van der Waals surface area contributed by atoms with Gasteiger partial charge in [-0.1, -0.05) is 43.7 Å². The SMILES string of the molecule is CCCCN(C)S(=O)(=O)c1ccc(C(=O)Nc2nc(-c3ccccc3)cs2)cc1. The molecule has 8 heteroatoms. The number of nitrogens with one attached hydrogen (secondary N) is 1. The van der Waals surface area contributed by atoms with Gasteiger partial charge in [-0.25, -0.2) is 17.7 Å². The highest BCUT2D eigenvalue weighted by molar-refractivity contribution is 7.89. The fourth-order valence-electron chi connectivity index (χ4n) is 2.70. The molecule has 0 atom stereocenters. The van der Waals surface area contributed by atoms with E-state index in [1.165, 1.54) is 39.9 Å². The molecule has 1 heterocycles. The molecule has 0 bridgehead atoms. The molecule has 6 nitrogen and oxygen atoms in total. The Balaban J connectivity index is 1.69. The lowest BCUT2D eigenvalue weighted by molar-refractivity contribution is 0.102. The van der Waals surface area contributed by atoms with Crippen LogP contribution in [0.1, 0.15) is 30.1 Å². The topological polar surface area (TPSA) is 79.4 Å². The zero-order valence-corrected chi connectivity index (χ0v) is 18.0. The lowest BCUT2D eigenvalue weighted by Gasteiger charge is -2.16. The minimum Gasteiger partial charge on any atom is -0.298 e. The van der Waals surface area contributed by atoms with E-state index in [1.807, 2.05) is 42.6 Å². The number of carbonyl (C=O) groups excluding carboxylic acids is 1. The predicted molar refractivity (Wildman–Crippen MR) is 117 cm³/mol. The van der Waals surface area contributed by atoms with Gasteiger partial charge in [0.1, 0.15) is 0 Å². The summed E-state index contributed by atoms with van der Waals surface area (Å²) in [6.07, 6.45) is 1.72. The molecule has 0 unspecified atom stereocenters. The van der Waals surface area contributed by atoms with Crippen molar-refractivity contribution in [2.24, 2.45) is 0 Å². The van der Waals surface area contributed by atoms with E-state index in [2.05, 4.69) is 10.3 Å². The van der Waals surface area contributed by atoms with Gasteiger partial charge in [-0.05, 0) is 30.7 Å². The molecule has 3 rings (SSSR count). The molecule has 0 saturated carbocycles. The standard InChI is InChI=1S/C21H23N3O3S2/c1-3-4-14-24(2)29(26,27)18-12-10-17(11-13-18)20(25)23-21-22-19(15-28-21)16-8-6-5-7-9-16/h5-13,15H,3-4,14H2,1-2H3,(H,22,23,25). The summed E-state index contributed by atoms with van der Waals surface area (Å²) in [4.78, 5) is 17.1.